The van der Waals surface area contributed by atoms with E-state index < -0.39 is 0 Å². The summed E-state index contributed by atoms with van der Waals surface area (Å²) in [5.74, 6) is 0.778. The van der Waals surface area contributed by atoms with E-state index in [1.165, 1.54) is 12.5 Å². The zero-order valence-electron chi connectivity index (χ0n) is 16.1. The van der Waals surface area contributed by atoms with Gasteiger partial charge in [0.05, 0.1) is 24.1 Å². The number of benzene rings is 1. The van der Waals surface area contributed by atoms with Crippen molar-refractivity contribution in [3.05, 3.63) is 53.6 Å². The number of rotatable bonds is 5. The average molecular weight is 379 g/mol. The number of morpholine rings is 1. The zero-order chi connectivity index (χ0) is 20.1. The van der Waals surface area contributed by atoms with E-state index in [1.807, 2.05) is 25.1 Å². The summed E-state index contributed by atoms with van der Waals surface area (Å²) in [6, 6.07) is 7.27. The fourth-order valence-corrected chi connectivity index (χ4v) is 3.13. The molecule has 1 aromatic carbocycles. The molecule has 8 heteroatoms. The Morgan fingerprint density at radius 2 is 2.18 bits per heavy atom. The molecular weight excluding hydrogens is 354 g/mol. The van der Waals surface area contributed by atoms with Crippen molar-refractivity contribution in [1.29, 1.82) is 5.41 Å². The van der Waals surface area contributed by atoms with Gasteiger partial charge in [0.2, 0.25) is 0 Å². The van der Waals surface area contributed by atoms with Crippen molar-refractivity contribution >= 4 is 29.0 Å². The van der Waals surface area contributed by atoms with E-state index in [0.717, 1.165) is 30.0 Å². The van der Waals surface area contributed by atoms with Crippen molar-refractivity contribution in [3.8, 4) is 0 Å². The van der Waals surface area contributed by atoms with E-state index >= 15 is 0 Å². The number of aromatic nitrogens is 2. The Morgan fingerprint density at radius 3 is 2.89 bits per heavy atom. The number of nitrogens with zero attached hydrogens (tertiary/aromatic N) is 4. The summed E-state index contributed by atoms with van der Waals surface area (Å²) < 4.78 is 5.59. The summed E-state index contributed by atoms with van der Waals surface area (Å²) in [6.45, 7) is 4.19. The predicted molar refractivity (Wildman–Crippen MR) is 113 cm³/mol. The highest BCUT2D eigenvalue weighted by Crippen LogP contribution is 2.23. The van der Waals surface area contributed by atoms with Crippen LogP contribution in [0.25, 0.3) is 5.57 Å². The molecule has 0 aliphatic carbocycles. The lowest BCUT2D eigenvalue weighted by Gasteiger charge is -2.32. The second kappa shape index (κ2) is 8.62. The van der Waals surface area contributed by atoms with Crippen molar-refractivity contribution in [2.24, 2.45) is 10.7 Å². The number of nitrogen functional groups attached to an aromatic ring is 1. The fraction of sp³-hybridized carbons (Fsp3) is 0.300. The van der Waals surface area contributed by atoms with E-state index in [-0.39, 0.29) is 11.8 Å². The molecule has 1 aliphatic heterocycles. The van der Waals surface area contributed by atoms with Gasteiger partial charge < -0.3 is 21.1 Å². The van der Waals surface area contributed by atoms with Crippen LogP contribution in [0.5, 0.6) is 0 Å². The maximum atomic E-state index is 8.66. The minimum absolute atomic E-state index is 0.139. The third-order valence-electron chi connectivity index (χ3n) is 4.58. The van der Waals surface area contributed by atoms with E-state index in [9.17, 15) is 0 Å². The van der Waals surface area contributed by atoms with E-state index in [2.05, 4.69) is 19.9 Å². The molecule has 146 valence electrons. The lowest BCUT2D eigenvalue weighted by atomic mass is 9.98. The summed E-state index contributed by atoms with van der Waals surface area (Å²) in [5, 5.41) is 8.66. The van der Waals surface area contributed by atoms with E-state index in [1.54, 1.807) is 19.3 Å². The van der Waals surface area contributed by atoms with Crippen molar-refractivity contribution < 1.29 is 4.74 Å². The summed E-state index contributed by atoms with van der Waals surface area (Å²) in [4.78, 5) is 14.8. The Kier molecular flexibility index (Phi) is 6.00. The van der Waals surface area contributed by atoms with Gasteiger partial charge in [0.25, 0.3) is 0 Å². The maximum absolute atomic E-state index is 8.66. The Balaban J connectivity index is 1.93. The van der Waals surface area contributed by atoms with Crippen LogP contribution in [0.15, 0.2) is 41.8 Å². The average Bonchev–Trinajstić information content (AvgIpc) is 2.72. The van der Waals surface area contributed by atoms with Gasteiger partial charge in [-0.1, -0.05) is 6.07 Å². The Labute approximate surface area is 164 Å². The fourth-order valence-electron chi connectivity index (χ4n) is 3.13. The number of anilines is 2. The second-order valence-corrected chi connectivity index (χ2v) is 6.58. The minimum Gasteiger partial charge on any atom is -0.404 e. The number of allylic oxidation sites excluding steroid dienone is 1. The molecule has 8 nitrogen and oxygen atoms in total. The van der Waals surface area contributed by atoms with Crippen molar-refractivity contribution in [2.75, 3.05) is 37.4 Å². The largest absolute Gasteiger partial charge is 0.404 e. The molecule has 1 atom stereocenters. The Bertz CT molecular complexity index is 923. The van der Waals surface area contributed by atoms with Gasteiger partial charge in [-0.05, 0) is 24.6 Å². The van der Waals surface area contributed by atoms with Gasteiger partial charge >= 0.3 is 0 Å². The summed E-state index contributed by atoms with van der Waals surface area (Å²) in [5.41, 5.74) is 15.3. The molecule has 0 saturated carbocycles. The normalized spacial score (nSPS) is 17.9. The number of nitrogens with one attached hydrogen (secondary N) is 1. The molecule has 5 N–H and O–H groups in total. The van der Waals surface area contributed by atoms with Gasteiger partial charge in [-0.3, -0.25) is 10.4 Å². The molecule has 0 spiro atoms. The second-order valence-electron chi connectivity index (χ2n) is 6.58. The van der Waals surface area contributed by atoms with Crippen LogP contribution in [0.4, 0.5) is 11.5 Å². The quantitative estimate of drug-likeness (QED) is 0.536. The van der Waals surface area contributed by atoms with Crippen molar-refractivity contribution in [2.45, 2.75) is 13.0 Å². The van der Waals surface area contributed by atoms with Crippen LogP contribution in [-0.4, -0.2) is 54.7 Å². The van der Waals surface area contributed by atoms with Gasteiger partial charge in [-0.25, -0.2) is 9.97 Å². The molecule has 1 aliphatic rings. The first-order valence-electron chi connectivity index (χ1n) is 9.05. The highest BCUT2D eigenvalue weighted by atomic mass is 16.5. The van der Waals surface area contributed by atoms with Crippen LogP contribution in [0.2, 0.25) is 0 Å². The minimum atomic E-state index is 0.139. The monoisotopic (exact) mass is 379 g/mol. The van der Waals surface area contributed by atoms with Crippen molar-refractivity contribution in [3.63, 3.8) is 0 Å². The molecule has 0 radical (unpaired) electrons. The highest BCUT2D eigenvalue weighted by Gasteiger charge is 2.20. The van der Waals surface area contributed by atoms with E-state index in [4.69, 9.17) is 21.6 Å². The molecule has 3 rings (SSSR count). The lowest BCUT2D eigenvalue weighted by molar-refractivity contribution is 0.0529. The van der Waals surface area contributed by atoms with Gasteiger partial charge in [-0.15, -0.1) is 0 Å². The highest BCUT2D eigenvalue weighted by molar-refractivity contribution is 6.15. The van der Waals surface area contributed by atoms with Crippen LogP contribution in [0, 0.1) is 5.41 Å². The predicted octanol–water partition coefficient (Wildman–Crippen LogP) is 1.70. The molecule has 2 heterocycles. The standard InChI is InChI=1S/C20H25N7O/c1-13-11-27(5-6-28-13)19-8-18(25-12-26-19)20(23)16-7-14(3-4-17(16)22)15(9-21)10-24-2/h3-4,7-10,12-13,23H,5-6,11,21-22H2,1-2H3/t13-/m1/s1. The number of ether oxygens (including phenoxy) is 1. The zero-order valence-corrected chi connectivity index (χ0v) is 16.1. The lowest BCUT2D eigenvalue weighted by Crippen LogP contribution is -2.41. The SMILES string of the molecule is CN=CC(=CN)c1ccc(N)c(C(=N)c2cc(N3CCO[C@H](C)C3)ncn2)c1. The Morgan fingerprint density at radius 1 is 1.36 bits per heavy atom. The third kappa shape index (κ3) is 4.17. The first-order chi connectivity index (χ1) is 13.5. The van der Waals surface area contributed by atoms with Gasteiger partial charge in [0.1, 0.15) is 12.1 Å². The van der Waals surface area contributed by atoms with Gasteiger partial charge in [-0.2, -0.15) is 0 Å². The third-order valence-corrected chi connectivity index (χ3v) is 4.58. The number of hydrogen-bond donors (Lipinski definition) is 3. The van der Waals surface area contributed by atoms with Crippen LogP contribution < -0.4 is 16.4 Å². The molecular formula is C20H25N7O. The number of hydrogen-bond acceptors (Lipinski definition) is 8. The van der Waals surface area contributed by atoms with Crippen LogP contribution in [-0.2, 0) is 4.74 Å². The summed E-state index contributed by atoms with van der Waals surface area (Å²) in [7, 11) is 1.68. The summed E-state index contributed by atoms with van der Waals surface area (Å²) >= 11 is 0. The van der Waals surface area contributed by atoms with Crippen molar-refractivity contribution in [1.82, 2.24) is 9.97 Å². The number of aliphatic imine (C=N–C) groups is 1. The van der Waals surface area contributed by atoms with Crippen LogP contribution >= 0.6 is 0 Å². The van der Waals surface area contributed by atoms with Crippen LogP contribution in [0.1, 0.15) is 23.7 Å². The van der Waals surface area contributed by atoms with Gasteiger partial charge in [0, 0.05) is 55.4 Å². The van der Waals surface area contributed by atoms with Gasteiger partial charge in [0.15, 0.2) is 0 Å². The molecule has 1 fully saturated rings. The number of nitrogens with two attached hydrogens (primary N) is 2. The molecule has 1 aromatic heterocycles. The smallest absolute Gasteiger partial charge is 0.132 e. The molecule has 0 amide bonds. The summed E-state index contributed by atoms with van der Waals surface area (Å²) in [6.07, 6.45) is 4.77. The molecule has 0 unspecified atom stereocenters. The molecule has 0 bridgehead atoms. The topological polar surface area (TPSA) is 126 Å². The van der Waals surface area contributed by atoms with E-state index in [0.29, 0.717) is 23.6 Å². The first kappa shape index (κ1) is 19.5. The maximum Gasteiger partial charge on any atom is 0.132 e. The molecule has 28 heavy (non-hydrogen) atoms. The van der Waals surface area contributed by atoms with Crippen LogP contribution in [0.3, 0.4) is 0 Å². The molecule has 1 saturated heterocycles. The Hall–Kier alpha value is -3.26. The first-order valence-corrected chi connectivity index (χ1v) is 9.05. The molecule has 2 aromatic rings.